The molecule has 0 radical (unpaired) electrons. The molecule has 0 N–H and O–H groups in total. The van der Waals surface area contributed by atoms with E-state index < -0.39 is 0 Å². The number of likely N-dealkylation sites (tertiary alicyclic amines) is 1. The second-order valence-electron chi connectivity index (χ2n) is 5.97. The van der Waals surface area contributed by atoms with Crippen molar-refractivity contribution in [2.24, 2.45) is 0 Å². The quantitative estimate of drug-likeness (QED) is 0.592. The Morgan fingerprint density at radius 1 is 1.17 bits per heavy atom. The number of benzene rings is 1. The highest BCUT2D eigenvalue weighted by atomic mass is 32.1. The average molecular weight is 336 g/mol. The molecule has 0 saturated carbocycles. The summed E-state index contributed by atoms with van der Waals surface area (Å²) in [6, 6.07) is 13.6. The Morgan fingerprint density at radius 3 is 2.54 bits per heavy atom. The summed E-state index contributed by atoms with van der Waals surface area (Å²) in [5.74, 6) is -0.423. The van der Waals surface area contributed by atoms with E-state index >= 15 is 0 Å². The molecule has 3 nitrogen and oxygen atoms in total. The first-order chi connectivity index (χ1) is 11.8. The monoisotopic (exact) mass is 336 g/mol. The maximum atomic E-state index is 12.7. The van der Waals surface area contributed by atoms with E-state index in [1.54, 1.807) is 17.4 Å². The number of nitrogens with zero attached hydrogens (tertiary/aromatic N) is 2. The zero-order valence-corrected chi connectivity index (χ0v) is 14.3. The zero-order chi connectivity index (χ0) is 16.8. The number of thiophene rings is 1. The Morgan fingerprint density at radius 2 is 1.92 bits per heavy atom. The van der Waals surface area contributed by atoms with Crippen LogP contribution in [-0.4, -0.2) is 23.8 Å². The van der Waals surface area contributed by atoms with E-state index in [0.717, 1.165) is 37.2 Å². The van der Waals surface area contributed by atoms with Gasteiger partial charge in [0.2, 0.25) is 0 Å². The minimum atomic E-state index is -0.387. The number of piperidine rings is 1. The number of ketones is 1. The van der Waals surface area contributed by atoms with Gasteiger partial charge in [0.25, 0.3) is 0 Å². The first-order valence-electron chi connectivity index (χ1n) is 8.27. The highest BCUT2D eigenvalue weighted by molar-refractivity contribution is 7.08. The third-order valence-electron chi connectivity index (χ3n) is 4.36. The summed E-state index contributed by atoms with van der Waals surface area (Å²) in [7, 11) is 0. The molecule has 2 heterocycles. The van der Waals surface area contributed by atoms with Gasteiger partial charge in [-0.1, -0.05) is 30.3 Å². The van der Waals surface area contributed by atoms with Crippen LogP contribution in [0.5, 0.6) is 0 Å². The molecule has 1 atom stereocenters. The number of nitriles is 1. The van der Waals surface area contributed by atoms with Gasteiger partial charge in [-0.2, -0.15) is 16.6 Å². The number of carbonyl (C=O) groups is 1. The van der Waals surface area contributed by atoms with Gasteiger partial charge in [0.1, 0.15) is 5.92 Å². The molecule has 24 heavy (non-hydrogen) atoms. The van der Waals surface area contributed by atoms with E-state index in [-0.39, 0.29) is 11.7 Å². The number of hydrogen-bond donors (Lipinski definition) is 0. The van der Waals surface area contributed by atoms with Crippen LogP contribution in [-0.2, 0) is 0 Å². The Labute approximate surface area is 146 Å². The lowest BCUT2D eigenvalue weighted by Crippen LogP contribution is -2.32. The normalized spacial score (nSPS) is 16.5. The van der Waals surface area contributed by atoms with Crippen LogP contribution in [0.1, 0.15) is 41.1 Å². The molecule has 122 valence electrons. The summed E-state index contributed by atoms with van der Waals surface area (Å²) < 4.78 is 0. The molecule has 1 aromatic carbocycles. The van der Waals surface area contributed by atoms with Gasteiger partial charge < -0.3 is 4.90 Å². The highest BCUT2D eigenvalue weighted by Crippen LogP contribution is 2.30. The summed E-state index contributed by atoms with van der Waals surface area (Å²) in [5.41, 5.74) is 2.47. The van der Waals surface area contributed by atoms with Crippen molar-refractivity contribution in [3.05, 3.63) is 70.1 Å². The number of rotatable bonds is 5. The van der Waals surface area contributed by atoms with E-state index in [1.165, 1.54) is 6.42 Å². The maximum absolute atomic E-state index is 12.7. The Kier molecular flexibility index (Phi) is 5.45. The predicted octanol–water partition coefficient (Wildman–Crippen LogP) is 4.61. The predicted molar refractivity (Wildman–Crippen MR) is 97.0 cm³/mol. The molecule has 1 unspecified atom stereocenters. The van der Waals surface area contributed by atoms with Gasteiger partial charge in [-0.3, -0.25) is 4.79 Å². The summed E-state index contributed by atoms with van der Waals surface area (Å²) >= 11 is 1.58. The van der Waals surface area contributed by atoms with Crippen molar-refractivity contribution in [3.8, 4) is 6.07 Å². The standard InChI is InChI=1S/C20H20N2OS/c21-14-18(17-9-12-24-15-17)19(22-10-5-2-6-11-22)13-20(23)16-7-3-1-4-8-16/h1,3-4,7-9,12-13,15,18H,2,5-6,10-11H2/b19-13+. The van der Waals surface area contributed by atoms with Gasteiger partial charge in [-0.05, 0) is 41.7 Å². The van der Waals surface area contributed by atoms with Crippen molar-refractivity contribution in [1.29, 1.82) is 5.26 Å². The van der Waals surface area contributed by atoms with Gasteiger partial charge in [0, 0.05) is 30.4 Å². The number of allylic oxidation sites excluding steroid dienone is 2. The van der Waals surface area contributed by atoms with E-state index in [1.807, 2.05) is 47.2 Å². The lowest BCUT2D eigenvalue weighted by Gasteiger charge is -2.33. The van der Waals surface area contributed by atoms with Crippen molar-refractivity contribution in [1.82, 2.24) is 4.90 Å². The van der Waals surface area contributed by atoms with E-state index in [2.05, 4.69) is 11.0 Å². The van der Waals surface area contributed by atoms with Crippen molar-refractivity contribution in [2.45, 2.75) is 25.2 Å². The molecule has 4 heteroatoms. The van der Waals surface area contributed by atoms with Gasteiger partial charge in [-0.25, -0.2) is 0 Å². The summed E-state index contributed by atoms with van der Waals surface area (Å²) in [6.45, 7) is 1.83. The zero-order valence-electron chi connectivity index (χ0n) is 13.5. The molecule has 1 aromatic heterocycles. The van der Waals surface area contributed by atoms with Crippen molar-refractivity contribution < 1.29 is 4.79 Å². The van der Waals surface area contributed by atoms with Crippen LogP contribution < -0.4 is 0 Å². The van der Waals surface area contributed by atoms with E-state index in [4.69, 9.17) is 0 Å². The molecular weight excluding hydrogens is 316 g/mol. The van der Waals surface area contributed by atoms with Crippen LogP contribution in [0.4, 0.5) is 0 Å². The molecule has 3 rings (SSSR count). The summed E-state index contributed by atoms with van der Waals surface area (Å²) in [6.07, 6.45) is 5.11. The Bertz CT molecular complexity index is 738. The fraction of sp³-hybridized carbons (Fsp3) is 0.300. The molecule has 0 bridgehead atoms. The van der Waals surface area contributed by atoms with Crippen LogP contribution in [0.3, 0.4) is 0 Å². The molecule has 1 aliphatic heterocycles. The molecule has 1 fully saturated rings. The first-order valence-corrected chi connectivity index (χ1v) is 9.21. The molecule has 1 saturated heterocycles. The van der Waals surface area contributed by atoms with Gasteiger partial charge in [-0.15, -0.1) is 0 Å². The van der Waals surface area contributed by atoms with Crippen LogP contribution in [0.2, 0.25) is 0 Å². The first kappa shape index (κ1) is 16.5. The SMILES string of the molecule is N#CC(/C(=C\C(=O)c1ccccc1)N1CCCCC1)c1ccsc1. The lowest BCUT2D eigenvalue weighted by molar-refractivity contribution is 0.104. The second kappa shape index (κ2) is 7.94. The summed E-state index contributed by atoms with van der Waals surface area (Å²) in [5, 5.41) is 13.7. The fourth-order valence-electron chi connectivity index (χ4n) is 3.08. The largest absolute Gasteiger partial charge is 0.373 e. The second-order valence-corrected chi connectivity index (χ2v) is 6.75. The van der Waals surface area contributed by atoms with Gasteiger partial charge >= 0.3 is 0 Å². The highest BCUT2D eigenvalue weighted by Gasteiger charge is 2.24. The average Bonchev–Trinajstić information content (AvgIpc) is 3.17. The lowest BCUT2D eigenvalue weighted by atomic mass is 9.95. The molecule has 0 spiro atoms. The molecule has 1 aliphatic rings. The van der Waals surface area contributed by atoms with Gasteiger partial charge in [0.15, 0.2) is 5.78 Å². The van der Waals surface area contributed by atoms with Crippen molar-refractivity contribution in [2.75, 3.05) is 13.1 Å². The van der Waals surface area contributed by atoms with E-state index in [0.29, 0.717) is 5.56 Å². The van der Waals surface area contributed by atoms with Crippen LogP contribution in [0.25, 0.3) is 0 Å². The van der Waals surface area contributed by atoms with E-state index in [9.17, 15) is 10.1 Å². The number of carbonyl (C=O) groups excluding carboxylic acids is 1. The Balaban J connectivity index is 1.96. The molecule has 2 aromatic rings. The van der Waals surface area contributed by atoms with Crippen molar-refractivity contribution in [3.63, 3.8) is 0 Å². The third-order valence-corrected chi connectivity index (χ3v) is 5.06. The molecular formula is C20H20N2OS. The molecule has 0 amide bonds. The maximum Gasteiger partial charge on any atom is 0.187 e. The third kappa shape index (κ3) is 3.74. The smallest absolute Gasteiger partial charge is 0.187 e. The molecule has 0 aliphatic carbocycles. The minimum Gasteiger partial charge on any atom is -0.373 e. The van der Waals surface area contributed by atoms with Crippen LogP contribution >= 0.6 is 11.3 Å². The van der Waals surface area contributed by atoms with Crippen molar-refractivity contribution >= 4 is 17.1 Å². The summed E-state index contributed by atoms with van der Waals surface area (Å²) in [4.78, 5) is 14.9. The Hall–Kier alpha value is -2.38. The van der Waals surface area contributed by atoms with Crippen LogP contribution in [0, 0.1) is 11.3 Å². The fourth-order valence-corrected chi connectivity index (χ4v) is 3.77. The van der Waals surface area contributed by atoms with Crippen LogP contribution in [0.15, 0.2) is 58.9 Å². The number of hydrogen-bond acceptors (Lipinski definition) is 4. The van der Waals surface area contributed by atoms with Gasteiger partial charge in [0.05, 0.1) is 6.07 Å². The minimum absolute atomic E-state index is 0.0355. The topological polar surface area (TPSA) is 44.1 Å².